The van der Waals surface area contributed by atoms with Gasteiger partial charge in [0, 0.05) is 16.7 Å². The third-order valence-corrected chi connectivity index (χ3v) is 3.20. The molecule has 0 saturated carbocycles. The minimum Gasteiger partial charge on any atom is -0.474 e. The van der Waals surface area contributed by atoms with Crippen molar-refractivity contribution in [2.75, 3.05) is 18.1 Å². The van der Waals surface area contributed by atoms with E-state index in [1.165, 1.54) is 6.26 Å². The first-order chi connectivity index (χ1) is 9.24. The first-order valence-electron chi connectivity index (χ1n) is 5.72. The van der Waals surface area contributed by atoms with Crippen molar-refractivity contribution in [2.45, 2.75) is 6.42 Å². The Bertz CT molecular complexity index is 600. The van der Waals surface area contributed by atoms with Crippen LogP contribution in [0.2, 0.25) is 0 Å². The number of hydrogen-bond acceptors (Lipinski definition) is 5. The van der Waals surface area contributed by atoms with Crippen LogP contribution in [0.1, 0.15) is 5.69 Å². The molecule has 0 unspecified atom stereocenters. The maximum absolute atomic E-state index is 12.3. The van der Waals surface area contributed by atoms with E-state index in [9.17, 15) is 4.79 Å². The van der Waals surface area contributed by atoms with E-state index in [0.29, 0.717) is 30.4 Å². The molecule has 0 fully saturated rings. The topological polar surface area (TPSA) is 68.5 Å². The number of anilines is 1. The molecule has 3 heterocycles. The summed E-state index contributed by atoms with van der Waals surface area (Å²) >= 11 is 3.34. The molecule has 98 valence electrons. The Labute approximate surface area is 117 Å². The zero-order valence-corrected chi connectivity index (χ0v) is 11.5. The molecule has 0 radical (unpaired) electrons. The Morgan fingerprint density at radius 2 is 2.42 bits per heavy atom. The number of nitrogens with zero attached hydrogens (tertiary/aromatic N) is 3. The lowest BCUT2D eigenvalue weighted by Crippen LogP contribution is -2.39. The summed E-state index contributed by atoms with van der Waals surface area (Å²) in [5, 5.41) is 3.75. The second-order valence-electron chi connectivity index (χ2n) is 4.04. The van der Waals surface area contributed by atoms with Crippen molar-refractivity contribution in [2.24, 2.45) is 0 Å². The Balaban J connectivity index is 1.86. The molecule has 2 aromatic heterocycles. The molecule has 19 heavy (non-hydrogen) atoms. The number of carbonyl (C=O) groups excluding carboxylic acids is 1. The first kappa shape index (κ1) is 12.2. The third-order valence-electron chi connectivity index (χ3n) is 2.77. The van der Waals surface area contributed by atoms with Crippen LogP contribution in [0.25, 0.3) is 0 Å². The van der Waals surface area contributed by atoms with E-state index >= 15 is 0 Å². The summed E-state index contributed by atoms with van der Waals surface area (Å²) in [6, 6.07) is 3.50. The molecule has 0 saturated heterocycles. The summed E-state index contributed by atoms with van der Waals surface area (Å²) in [6.07, 6.45) is 3.29. The SMILES string of the molecule is O=C(Cc1ccon1)N1CCOc2ncc(Br)cc21. The quantitative estimate of drug-likeness (QED) is 0.843. The van der Waals surface area contributed by atoms with Gasteiger partial charge in [-0.05, 0) is 22.0 Å². The molecule has 1 aliphatic rings. The van der Waals surface area contributed by atoms with Crippen molar-refractivity contribution >= 4 is 27.5 Å². The van der Waals surface area contributed by atoms with Crippen LogP contribution in [-0.2, 0) is 11.2 Å². The van der Waals surface area contributed by atoms with E-state index in [4.69, 9.17) is 9.26 Å². The number of pyridine rings is 1. The average Bonchev–Trinajstić information content (AvgIpc) is 2.90. The molecule has 0 N–H and O–H groups in total. The molecule has 3 rings (SSSR count). The highest BCUT2D eigenvalue weighted by Crippen LogP contribution is 2.32. The number of carbonyl (C=O) groups is 1. The van der Waals surface area contributed by atoms with Gasteiger partial charge < -0.3 is 14.2 Å². The smallest absolute Gasteiger partial charge is 0.238 e. The van der Waals surface area contributed by atoms with Gasteiger partial charge in [-0.15, -0.1) is 0 Å². The van der Waals surface area contributed by atoms with Crippen LogP contribution in [0.4, 0.5) is 5.69 Å². The van der Waals surface area contributed by atoms with Gasteiger partial charge in [-0.25, -0.2) is 4.98 Å². The van der Waals surface area contributed by atoms with Gasteiger partial charge in [-0.3, -0.25) is 4.79 Å². The molecule has 7 heteroatoms. The predicted molar refractivity (Wildman–Crippen MR) is 70.0 cm³/mol. The van der Waals surface area contributed by atoms with Crippen LogP contribution < -0.4 is 9.64 Å². The number of amides is 1. The number of rotatable bonds is 2. The normalized spacial score (nSPS) is 13.8. The highest BCUT2D eigenvalue weighted by Gasteiger charge is 2.25. The van der Waals surface area contributed by atoms with Crippen molar-refractivity contribution in [1.29, 1.82) is 0 Å². The lowest BCUT2D eigenvalue weighted by atomic mass is 10.2. The summed E-state index contributed by atoms with van der Waals surface area (Å²) in [5.74, 6) is 0.418. The zero-order chi connectivity index (χ0) is 13.2. The second-order valence-corrected chi connectivity index (χ2v) is 4.95. The molecule has 2 aromatic rings. The number of hydrogen-bond donors (Lipinski definition) is 0. The fourth-order valence-electron chi connectivity index (χ4n) is 1.91. The van der Waals surface area contributed by atoms with E-state index in [1.54, 1.807) is 17.2 Å². The zero-order valence-electron chi connectivity index (χ0n) is 9.88. The minimum atomic E-state index is -0.0571. The molecule has 0 atom stereocenters. The standard InChI is InChI=1S/C12H10BrN3O3/c13-8-5-10-12(14-7-8)18-4-2-16(10)11(17)6-9-1-3-19-15-9/h1,3,5,7H,2,4,6H2. The summed E-state index contributed by atoms with van der Waals surface area (Å²) < 4.78 is 11.0. The van der Waals surface area contributed by atoms with E-state index in [-0.39, 0.29) is 12.3 Å². The number of ether oxygens (including phenoxy) is 1. The van der Waals surface area contributed by atoms with Crippen molar-refractivity contribution in [3.05, 3.63) is 34.8 Å². The fourth-order valence-corrected chi connectivity index (χ4v) is 2.23. The number of fused-ring (bicyclic) bond motifs is 1. The largest absolute Gasteiger partial charge is 0.474 e. The lowest BCUT2D eigenvalue weighted by Gasteiger charge is -2.28. The fraction of sp³-hybridized carbons (Fsp3) is 0.250. The lowest BCUT2D eigenvalue weighted by molar-refractivity contribution is -0.118. The van der Waals surface area contributed by atoms with Gasteiger partial charge >= 0.3 is 0 Å². The van der Waals surface area contributed by atoms with E-state index in [1.807, 2.05) is 6.07 Å². The second kappa shape index (κ2) is 5.00. The Morgan fingerprint density at radius 3 is 3.21 bits per heavy atom. The third kappa shape index (κ3) is 2.46. The Hall–Kier alpha value is -1.89. The van der Waals surface area contributed by atoms with Gasteiger partial charge in [-0.1, -0.05) is 5.16 Å². The number of halogens is 1. The first-order valence-corrected chi connectivity index (χ1v) is 6.51. The molecule has 0 bridgehead atoms. The Morgan fingerprint density at radius 1 is 1.53 bits per heavy atom. The van der Waals surface area contributed by atoms with Crippen molar-refractivity contribution in [3.63, 3.8) is 0 Å². The molecular formula is C12H10BrN3O3. The summed E-state index contributed by atoms with van der Waals surface area (Å²) in [4.78, 5) is 18.1. The highest BCUT2D eigenvalue weighted by molar-refractivity contribution is 9.10. The van der Waals surface area contributed by atoms with Crippen molar-refractivity contribution < 1.29 is 14.1 Å². The van der Waals surface area contributed by atoms with Crippen LogP contribution in [0.3, 0.4) is 0 Å². The van der Waals surface area contributed by atoms with Crippen molar-refractivity contribution in [1.82, 2.24) is 10.1 Å². The molecular weight excluding hydrogens is 314 g/mol. The molecule has 0 spiro atoms. The number of aromatic nitrogens is 2. The Kier molecular flexibility index (Phi) is 3.20. The summed E-state index contributed by atoms with van der Waals surface area (Å²) in [7, 11) is 0. The maximum Gasteiger partial charge on any atom is 0.238 e. The van der Waals surface area contributed by atoms with Crippen LogP contribution in [0, 0.1) is 0 Å². The van der Waals surface area contributed by atoms with Crippen molar-refractivity contribution in [3.8, 4) is 5.88 Å². The van der Waals surface area contributed by atoms with Gasteiger partial charge in [0.25, 0.3) is 0 Å². The van der Waals surface area contributed by atoms with E-state index in [2.05, 4.69) is 26.1 Å². The van der Waals surface area contributed by atoms with Crippen LogP contribution >= 0.6 is 15.9 Å². The van der Waals surface area contributed by atoms with Gasteiger partial charge in [0.05, 0.1) is 18.7 Å². The van der Waals surface area contributed by atoms with Gasteiger partial charge in [-0.2, -0.15) is 0 Å². The monoisotopic (exact) mass is 323 g/mol. The predicted octanol–water partition coefficient (Wildman–Crippen LogP) is 1.80. The molecule has 6 nitrogen and oxygen atoms in total. The summed E-state index contributed by atoms with van der Waals surface area (Å²) in [6.45, 7) is 0.938. The maximum atomic E-state index is 12.3. The molecule has 0 aromatic carbocycles. The van der Waals surface area contributed by atoms with E-state index < -0.39 is 0 Å². The molecule has 0 aliphatic carbocycles. The minimum absolute atomic E-state index is 0.0571. The van der Waals surface area contributed by atoms with E-state index in [0.717, 1.165) is 4.47 Å². The van der Waals surface area contributed by atoms with Gasteiger partial charge in [0.1, 0.15) is 18.6 Å². The van der Waals surface area contributed by atoms with Crippen LogP contribution in [0.5, 0.6) is 5.88 Å². The molecule has 1 aliphatic heterocycles. The highest BCUT2D eigenvalue weighted by atomic mass is 79.9. The molecule has 1 amide bonds. The average molecular weight is 324 g/mol. The summed E-state index contributed by atoms with van der Waals surface area (Å²) in [5.41, 5.74) is 1.29. The van der Waals surface area contributed by atoms with Gasteiger partial charge in [0.15, 0.2) is 0 Å². The van der Waals surface area contributed by atoms with Crippen LogP contribution in [-0.4, -0.2) is 29.2 Å². The van der Waals surface area contributed by atoms with Gasteiger partial charge in [0.2, 0.25) is 11.8 Å². The van der Waals surface area contributed by atoms with Crippen LogP contribution in [0.15, 0.2) is 33.6 Å².